The maximum absolute atomic E-state index is 4.24. The molecular formula is C72H91BN2. The van der Waals surface area contributed by atoms with E-state index in [1.54, 1.807) is 0 Å². The van der Waals surface area contributed by atoms with Crippen LogP contribution >= 0.6 is 0 Å². The lowest BCUT2D eigenvalue weighted by Crippen LogP contribution is -2.57. The Morgan fingerprint density at radius 2 is 0.893 bits per heavy atom. The van der Waals surface area contributed by atoms with Crippen LogP contribution in [0.2, 0.25) is 0 Å². The number of benzene rings is 4. The van der Waals surface area contributed by atoms with Crippen LogP contribution in [0.15, 0.2) is 102 Å². The molecule has 0 fully saturated rings. The van der Waals surface area contributed by atoms with Gasteiger partial charge in [0.05, 0.1) is 0 Å². The highest BCUT2D eigenvalue weighted by molar-refractivity contribution is 6.87. The minimum absolute atomic E-state index is 0.00620. The molecule has 9 rings (SSSR count). The van der Waals surface area contributed by atoms with Gasteiger partial charge >= 0.3 is 6.42 Å². The monoisotopic (exact) mass is 995 g/mol. The largest absolute Gasteiger partial charge is 0.520 e. The van der Waals surface area contributed by atoms with Crippen molar-refractivity contribution in [2.24, 2.45) is 0 Å². The SMILES string of the molecule is CCCCCCC1(CCCCCC)c2ccccc2-c2ccc(C#C[B-]3(C#Cc4ccc5c(c4)C(CCCCCC)(CCCCCC)c4ccccc4-5)n4c(C)c(CC)c(C)c4C(C)=C4C(C)=C(CC)C(C)=[N+]43)cc21. The summed E-state index contributed by atoms with van der Waals surface area (Å²) in [7, 11) is 0. The van der Waals surface area contributed by atoms with Crippen molar-refractivity contribution in [3.05, 3.63) is 158 Å². The Labute approximate surface area is 456 Å². The summed E-state index contributed by atoms with van der Waals surface area (Å²) in [6, 6.07) is 33.4. The third kappa shape index (κ3) is 9.51. The topological polar surface area (TPSA) is 7.94 Å². The number of rotatable bonds is 22. The fourth-order valence-corrected chi connectivity index (χ4v) is 15.4. The first-order valence-electron chi connectivity index (χ1n) is 30.5. The third-order valence-electron chi connectivity index (χ3n) is 19.1. The maximum Gasteiger partial charge on any atom is 0.520 e. The van der Waals surface area contributed by atoms with Gasteiger partial charge < -0.3 is 8.96 Å². The minimum atomic E-state index is -2.06. The molecule has 3 heteroatoms. The average Bonchev–Trinajstić information content (AvgIpc) is 4.12. The Kier molecular flexibility index (Phi) is 16.9. The lowest BCUT2D eigenvalue weighted by atomic mass is 9.45. The first kappa shape index (κ1) is 54.3. The van der Waals surface area contributed by atoms with Crippen LogP contribution in [-0.4, -0.2) is 21.1 Å². The quantitative estimate of drug-likeness (QED) is 0.0371. The molecule has 75 heavy (non-hydrogen) atoms. The van der Waals surface area contributed by atoms with Gasteiger partial charge in [0.2, 0.25) is 0 Å². The molecule has 4 aliphatic rings. The molecule has 0 spiro atoms. The van der Waals surface area contributed by atoms with Crippen molar-refractivity contribution in [2.75, 3.05) is 0 Å². The number of hydrogen-bond donors (Lipinski definition) is 0. The second-order valence-corrected chi connectivity index (χ2v) is 23.5. The van der Waals surface area contributed by atoms with Gasteiger partial charge in [0.15, 0.2) is 5.70 Å². The molecule has 0 atom stereocenters. The van der Waals surface area contributed by atoms with E-state index in [0.717, 1.165) is 24.0 Å². The molecule has 3 heterocycles. The highest BCUT2D eigenvalue weighted by Gasteiger charge is 2.52. The highest BCUT2D eigenvalue weighted by Crippen LogP contribution is 2.56. The molecule has 4 aromatic carbocycles. The lowest BCUT2D eigenvalue weighted by molar-refractivity contribution is -0.330. The molecule has 0 saturated carbocycles. The van der Waals surface area contributed by atoms with Gasteiger partial charge in [-0.15, -0.1) is 11.8 Å². The van der Waals surface area contributed by atoms with E-state index in [2.05, 4.69) is 194 Å². The first-order chi connectivity index (χ1) is 36.5. The number of unbranched alkanes of at least 4 members (excludes halogenated alkanes) is 12. The van der Waals surface area contributed by atoms with Crippen molar-refractivity contribution in [3.63, 3.8) is 0 Å². The van der Waals surface area contributed by atoms with Crippen LogP contribution in [0.5, 0.6) is 0 Å². The summed E-state index contributed by atoms with van der Waals surface area (Å²) in [6.45, 7) is 25.8. The van der Waals surface area contributed by atoms with Crippen LogP contribution in [0.25, 0.3) is 27.8 Å². The normalized spacial score (nSPS) is 16.0. The van der Waals surface area contributed by atoms with E-state index < -0.39 is 6.42 Å². The van der Waals surface area contributed by atoms with E-state index in [0.29, 0.717) is 0 Å². The number of nitrogens with zero attached hydrogens (tertiary/aromatic N) is 2. The summed E-state index contributed by atoms with van der Waals surface area (Å²) in [5.41, 5.74) is 26.1. The van der Waals surface area contributed by atoms with Crippen molar-refractivity contribution < 1.29 is 4.49 Å². The average molecular weight is 995 g/mol. The van der Waals surface area contributed by atoms with Gasteiger partial charge in [0, 0.05) is 51.3 Å². The summed E-state index contributed by atoms with van der Waals surface area (Å²) in [6.07, 6.45) is 25.0. The molecule has 0 N–H and O–H groups in total. The predicted octanol–water partition coefficient (Wildman–Crippen LogP) is 19.5. The molecule has 0 unspecified atom stereocenters. The molecule has 0 saturated heterocycles. The fraction of sp³-hybridized carbons (Fsp3) is 0.486. The van der Waals surface area contributed by atoms with Crippen molar-refractivity contribution in [1.82, 2.24) is 4.48 Å². The van der Waals surface area contributed by atoms with Crippen molar-refractivity contribution >= 4 is 17.7 Å². The molecule has 0 amide bonds. The molecule has 2 aliphatic carbocycles. The third-order valence-corrected chi connectivity index (χ3v) is 19.1. The summed E-state index contributed by atoms with van der Waals surface area (Å²) in [5.74, 6) is 16.6. The van der Waals surface area contributed by atoms with E-state index in [1.165, 1.54) is 224 Å². The van der Waals surface area contributed by atoms with Crippen LogP contribution in [-0.2, 0) is 17.3 Å². The Balaban J connectivity index is 1.27. The van der Waals surface area contributed by atoms with E-state index >= 15 is 0 Å². The smallest absolute Gasteiger partial charge is 0.435 e. The van der Waals surface area contributed by atoms with Gasteiger partial charge in [-0.1, -0.05) is 205 Å². The van der Waals surface area contributed by atoms with E-state index in [4.69, 9.17) is 0 Å². The molecule has 392 valence electrons. The van der Waals surface area contributed by atoms with Gasteiger partial charge in [0.25, 0.3) is 0 Å². The van der Waals surface area contributed by atoms with Gasteiger partial charge in [-0.25, -0.2) is 0 Å². The van der Waals surface area contributed by atoms with Crippen LogP contribution in [0.1, 0.15) is 253 Å². The molecular weight excluding hydrogens is 904 g/mol. The molecule has 0 bridgehead atoms. The van der Waals surface area contributed by atoms with Crippen LogP contribution in [0.4, 0.5) is 0 Å². The van der Waals surface area contributed by atoms with Gasteiger partial charge in [-0.05, 0) is 152 Å². The molecule has 5 aromatic rings. The Morgan fingerprint density at radius 1 is 0.467 bits per heavy atom. The van der Waals surface area contributed by atoms with Gasteiger partial charge in [0.1, 0.15) is 5.71 Å². The Bertz CT molecular complexity index is 2990. The van der Waals surface area contributed by atoms with Gasteiger partial charge in [-0.2, -0.15) is 11.6 Å². The summed E-state index contributed by atoms with van der Waals surface area (Å²) < 4.78 is 5.29. The summed E-state index contributed by atoms with van der Waals surface area (Å²) >= 11 is 0. The van der Waals surface area contributed by atoms with Crippen LogP contribution < -0.4 is 0 Å². The zero-order chi connectivity index (χ0) is 52.9. The van der Waals surface area contributed by atoms with Gasteiger partial charge in [-0.3, -0.25) is 0 Å². The zero-order valence-electron chi connectivity index (χ0n) is 48.6. The standard InChI is InChI=1S/C72H91BN2/c1-12-18-22-30-44-71(45-31-23-19-13-2)65-36-28-26-34-61(65)63-40-38-57(50-67(63)71)42-48-73(74-55(10)59(16-5)52(7)69(74)54(9)70-53(8)60(17-6)56(11)75(70)73)49-43-58-39-41-64-62-35-27-29-37-66(62)72(68(64)51-58,46-32-24-20-14-3)47-33-25-21-15-4/h26-29,34-41,50-51H,12-25,30-33,44-47H2,1-11H3. The zero-order valence-corrected chi connectivity index (χ0v) is 48.6. The first-order valence-corrected chi connectivity index (χ1v) is 30.5. The van der Waals surface area contributed by atoms with E-state index in [9.17, 15) is 0 Å². The number of hydrogen-bond acceptors (Lipinski definition) is 0. The van der Waals surface area contributed by atoms with Crippen molar-refractivity contribution in [3.8, 4) is 45.7 Å². The molecule has 0 radical (unpaired) electrons. The Morgan fingerprint density at radius 3 is 1.31 bits per heavy atom. The van der Waals surface area contributed by atoms with E-state index in [1.807, 2.05) is 0 Å². The van der Waals surface area contributed by atoms with E-state index in [-0.39, 0.29) is 10.8 Å². The van der Waals surface area contributed by atoms with Crippen LogP contribution in [0.3, 0.4) is 0 Å². The predicted molar refractivity (Wildman–Crippen MR) is 325 cm³/mol. The second-order valence-electron chi connectivity index (χ2n) is 23.5. The maximum atomic E-state index is 4.24. The summed E-state index contributed by atoms with van der Waals surface area (Å²) in [5, 5.41) is 0. The van der Waals surface area contributed by atoms with Crippen molar-refractivity contribution in [1.29, 1.82) is 0 Å². The fourth-order valence-electron chi connectivity index (χ4n) is 15.4. The van der Waals surface area contributed by atoms with Crippen LogP contribution in [0, 0.1) is 37.3 Å². The lowest BCUT2D eigenvalue weighted by Gasteiger charge is -2.38. The summed E-state index contributed by atoms with van der Waals surface area (Å²) in [4.78, 5) is 0. The minimum Gasteiger partial charge on any atom is -0.435 e. The molecule has 1 aromatic heterocycles. The molecule has 2 nitrogen and oxygen atoms in total. The number of fused-ring (bicyclic) bond motifs is 8. The molecule has 2 aliphatic heterocycles. The highest BCUT2D eigenvalue weighted by atomic mass is 15.2. The Hall–Kier alpha value is -5.51. The van der Waals surface area contributed by atoms with Crippen molar-refractivity contribution in [2.45, 2.75) is 228 Å². The second kappa shape index (κ2) is 23.4. The number of allylic oxidation sites excluding steroid dienone is 3. The number of aromatic nitrogens is 1.